The van der Waals surface area contributed by atoms with Crippen LogP contribution in [0, 0.1) is 18.3 Å². The first-order valence-corrected chi connectivity index (χ1v) is 2.98. The first-order valence-electron chi connectivity index (χ1n) is 2.98. The average molecular weight is 2320 g/mol. The molecule has 0 aromatic heterocycles. The van der Waals surface area contributed by atoms with Gasteiger partial charge in [0.05, 0.1) is 0 Å². The van der Waals surface area contributed by atoms with E-state index in [1.165, 1.54) is 0 Å². The van der Waals surface area contributed by atoms with Gasteiger partial charge >= 0.3 is 0 Å². The fourth-order valence-corrected chi connectivity index (χ4v) is 0.770. The molecule has 0 aromatic rings. The van der Waals surface area contributed by atoms with E-state index in [1.807, 2.05) is 0 Å². The van der Waals surface area contributed by atoms with Gasteiger partial charge in [0.25, 0.3) is 0 Å². The molecule has 119 valence electrons. The van der Waals surface area contributed by atoms with Crippen LogP contribution >= 0.6 is 0 Å². The molecular formula is C7H15Y25-. The maximum absolute atomic E-state index is 2.33. The minimum absolute atomic E-state index is 0. The third-order valence-electron chi connectivity index (χ3n) is 0.770. The molecule has 0 saturated carbocycles. The van der Waals surface area contributed by atoms with Gasteiger partial charge in [-0.3, -0.25) is 0 Å². The molecule has 0 saturated heterocycles. The molecule has 0 spiro atoms. The van der Waals surface area contributed by atoms with Crippen molar-refractivity contribution in [2.24, 2.45) is 11.8 Å². The van der Waals surface area contributed by atoms with Crippen molar-refractivity contribution in [1.82, 2.24) is 0 Å². The van der Waals surface area contributed by atoms with E-state index < -0.39 is 0 Å². The predicted octanol–water partition coefficient (Wildman–Crippen LogP) is 2.44. The minimum Gasteiger partial charge on any atom is -0.323 e. The van der Waals surface area contributed by atoms with E-state index >= 15 is 0 Å². The van der Waals surface area contributed by atoms with Gasteiger partial charge < -0.3 is 6.42 Å². The zero-order valence-electron chi connectivity index (χ0n) is 20.2. The van der Waals surface area contributed by atoms with Crippen LogP contribution in [0.1, 0.15) is 27.7 Å². The maximum Gasteiger partial charge on any atom is 0 e. The molecule has 0 fully saturated rings. The van der Waals surface area contributed by atoms with Crippen LogP contribution in [0.3, 0.4) is 0 Å². The summed E-state index contributed by atoms with van der Waals surface area (Å²) in [7, 11) is 0. The molecule has 0 nitrogen and oxygen atoms in total. The van der Waals surface area contributed by atoms with Gasteiger partial charge in [-0.05, 0) is 0 Å². The van der Waals surface area contributed by atoms with E-state index in [1.54, 1.807) is 0 Å². The molecule has 0 aliphatic heterocycles. The van der Waals surface area contributed by atoms with Crippen molar-refractivity contribution < 1.29 is 818 Å². The molecule has 0 unspecified atom stereocenters. The van der Waals surface area contributed by atoms with Crippen LogP contribution in [0.15, 0.2) is 0 Å². The van der Waals surface area contributed by atoms with Crippen LogP contribution < -0.4 is 0 Å². The van der Waals surface area contributed by atoms with E-state index in [-0.39, 0.29) is 818 Å². The van der Waals surface area contributed by atoms with Crippen molar-refractivity contribution in [3.05, 3.63) is 6.42 Å². The fraction of sp³-hybridized carbons (Fsp3) is 0.857. The minimum atomic E-state index is 0. The summed E-state index contributed by atoms with van der Waals surface area (Å²) in [5.74, 6) is 1.50. The molecule has 0 atom stereocenters. The Morgan fingerprint density at radius 2 is 0.281 bits per heavy atom. The summed E-state index contributed by atoms with van der Waals surface area (Å²) in [5.41, 5.74) is 0. The Labute approximate surface area is 832 Å². The fourth-order valence-electron chi connectivity index (χ4n) is 0.770. The van der Waals surface area contributed by atoms with Crippen molar-refractivity contribution in [2.75, 3.05) is 0 Å². The Bertz CT molecular complexity index is 53.6. The van der Waals surface area contributed by atoms with Gasteiger partial charge in [-0.25, -0.2) is 0 Å². The SMILES string of the molecule is CC(C)[CH-]C(C)C.[Y].[Y].[Y].[Y].[Y].[Y].[Y].[Y].[Y].[Y].[Y].[Y].[Y].[Y].[Y].[Y].[Y].[Y].[Y].[Y].[Y].[Y].[Y].[Y].[Y]. The Balaban J connectivity index is -0.000000000600. The monoisotopic (exact) mass is 2320 g/mol. The third kappa shape index (κ3) is 185. The summed E-state index contributed by atoms with van der Waals surface area (Å²) >= 11 is 0. The van der Waals surface area contributed by atoms with Crippen molar-refractivity contribution >= 4 is 0 Å². The molecule has 0 N–H and O–H groups in total. The molecule has 0 aliphatic rings. The van der Waals surface area contributed by atoms with Crippen molar-refractivity contribution in [1.29, 1.82) is 0 Å². The summed E-state index contributed by atoms with van der Waals surface area (Å²) < 4.78 is 0. The van der Waals surface area contributed by atoms with E-state index in [0.29, 0.717) is 0 Å². The molecule has 25 radical (unpaired) electrons. The van der Waals surface area contributed by atoms with Crippen LogP contribution in [0.4, 0.5) is 0 Å². The van der Waals surface area contributed by atoms with Gasteiger partial charge in [0.1, 0.15) is 0 Å². The normalized spacial score (nSPS) is 2.44. The van der Waals surface area contributed by atoms with Crippen LogP contribution in [0.25, 0.3) is 0 Å². The Morgan fingerprint density at radius 1 is 0.219 bits per heavy atom. The summed E-state index contributed by atoms with van der Waals surface area (Å²) in [6.45, 7) is 8.83. The molecule has 0 heterocycles. The van der Waals surface area contributed by atoms with Crippen molar-refractivity contribution in [2.45, 2.75) is 27.7 Å². The molecule has 0 amide bonds. The van der Waals surface area contributed by atoms with Gasteiger partial charge in [0.15, 0.2) is 0 Å². The molecule has 32 heavy (non-hydrogen) atoms. The maximum atomic E-state index is 2.33. The van der Waals surface area contributed by atoms with Gasteiger partial charge in [-0.1, -0.05) is 27.7 Å². The summed E-state index contributed by atoms with van der Waals surface area (Å²) in [6, 6.07) is 0. The van der Waals surface area contributed by atoms with Crippen LogP contribution in [-0.4, -0.2) is 0 Å². The summed E-state index contributed by atoms with van der Waals surface area (Å²) in [5, 5.41) is 0. The summed E-state index contributed by atoms with van der Waals surface area (Å²) in [6.07, 6.45) is 2.33. The zero-order chi connectivity index (χ0) is 5.86. The molecule has 0 rings (SSSR count). The van der Waals surface area contributed by atoms with E-state index in [0.717, 1.165) is 11.8 Å². The average Bonchev–Trinajstić information content (AvgIpc) is 1.27. The van der Waals surface area contributed by atoms with Gasteiger partial charge in [0, 0.05) is 818 Å². The van der Waals surface area contributed by atoms with Crippen LogP contribution in [0.5, 0.6) is 0 Å². The molecule has 0 aliphatic carbocycles. The second-order valence-electron chi connectivity index (χ2n) is 2.68. The molecule has 0 aromatic carbocycles. The number of rotatable bonds is 2. The van der Waals surface area contributed by atoms with E-state index in [2.05, 4.69) is 34.1 Å². The smallest absolute Gasteiger partial charge is 0 e. The van der Waals surface area contributed by atoms with Crippen LogP contribution in [-0.2, 0) is 818 Å². The van der Waals surface area contributed by atoms with Crippen LogP contribution in [0.2, 0.25) is 0 Å². The Kier molecular flexibility index (Phi) is 920. The zero-order valence-corrected chi connectivity index (χ0v) is 91.1. The Hall–Kier alpha value is 27.6. The van der Waals surface area contributed by atoms with Gasteiger partial charge in [0.2, 0.25) is 0 Å². The van der Waals surface area contributed by atoms with Crippen molar-refractivity contribution in [3.8, 4) is 0 Å². The first-order chi connectivity index (χ1) is 3.13. The van der Waals surface area contributed by atoms with Gasteiger partial charge in [-0.15, -0.1) is 0 Å². The quantitative estimate of drug-likeness (QED) is 0.374. The standard InChI is InChI=1S/C7H15.25Y/c1-6(2)5-7(3)4;;;;;;;;;;;;;;;;;;;;;;;;;/h5-7H,1-4H3;;;;;;;;;;;;;;;;;;;;;;;;;/q-1;;;;;;;;;;;;;;;;;;;;;;;;;. The third-order valence-corrected chi connectivity index (χ3v) is 0.770. The van der Waals surface area contributed by atoms with E-state index in [4.69, 9.17) is 0 Å². The number of hydrogen-bond acceptors (Lipinski definition) is 0. The first kappa shape index (κ1) is 181. The predicted molar refractivity (Wildman–Crippen MR) is 34.0 cm³/mol. The van der Waals surface area contributed by atoms with Crippen molar-refractivity contribution in [3.63, 3.8) is 0 Å². The second kappa shape index (κ2) is 162. The molecule has 0 bridgehead atoms. The number of hydrogen-bond donors (Lipinski definition) is 0. The molecular weight excluding hydrogens is 2310 g/mol. The topological polar surface area (TPSA) is 0 Å². The summed E-state index contributed by atoms with van der Waals surface area (Å²) in [4.78, 5) is 0. The Morgan fingerprint density at radius 3 is 0.281 bits per heavy atom. The second-order valence-corrected chi connectivity index (χ2v) is 2.68. The van der Waals surface area contributed by atoms with Gasteiger partial charge in [-0.2, -0.15) is 11.8 Å². The van der Waals surface area contributed by atoms with E-state index in [9.17, 15) is 0 Å². The largest absolute Gasteiger partial charge is 0.323 e. The molecule has 25 heteroatoms.